The summed E-state index contributed by atoms with van der Waals surface area (Å²) in [6, 6.07) is 0. The number of anilines is 1. The second kappa shape index (κ2) is 6.71. The smallest absolute Gasteiger partial charge is 0.358 e. The molecule has 21 heavy (non-hydrogen) atoms. The molecule has 0 spiro atoms. The number of nitrogens with one attached hydrogen (secondary N) is 1. The van der Waals surface area contributed by atoms with Crippen molar-refractivity contribution in [3.05, 3.63) is 28.0 Å². The van der Waals surface area contributed by atoms with Gasteiger partial charge in [0, 0.05) is 30.2 Å². The average Bonchev–Trinajstić information content (AvgIpc) is 2.99. The van der Waals surface area contributed by atoms with E-state index in [-0.39, 0.29) is 5.97 Å². The maximum Gasteiger partial charge on any atom is 0.358 e. The molecule has 0 amide bonds. The first-order chi connectivity index (χ1) is 10.0. The summed E-state index contributed by atoms with van der Waals surface area (Å²) in [5.41, 5.74) is 2.61. The minimum Gasteiger partial charge on any atom is -0.461 e. The van der Waals surface area contributed by atoms with Gasteiger partial charge < -0.3 is 10.1 Å². The third-order valence-electron chi connectivity index (χ3n) is 3.02. The number of thiazole rings is 1. The molecule has 114 valence electrons. The lowest BCUT2D eigenvalue weighted by molar-refractivity contribution is 0.0519. The number of ether oxygens (including phenoxy) is 1. The summed E-state index contributed by atoms with van der Waals surface area (Å²) in [4.78, 5) is 16.9. The number of aryl methyl sites for hydroxylation is 3. The van der Waals surface area contributed by atoms with E-state index in [1.54, 1.807) is 6.92 Å². The monoisotopic (exact) mass is 308 g/mol. The van der Waals surface area contributed by atoms with Gasteiger partial charge in [0.1, 0.15) is 0 Å². The lowest BCUT2D eigenvalue weighted by Crippen LogP contribution is -2.07. The molecule has 0 fully saturated rings. The maximum atomic E-state index is 11.7. The molecular weight excluding hydrogens is 288 g/mol. The number of esters is 1. The summed E-state index contributed by atoms with van der Waals surface area (Å²) in [6.45, 7) is 6.74. The number of hydrogen-bond acceptors (Lipinski definition) is 6. The van der Waals surface area contributed by atoms with Crippen LogP contribution in [-0.4, -0.2) is 27.3 Å². The summed E-state index contributed by atoms with van der Waals surface area (Å²) >= 11 is 1.46. The zero-order valence-electron chi connectivity index (χ0n) is 12.8. The Morgan fingerprint density at radius 3 is 2.90 bits per heavy atom. The summed E-state index contributed by atoms with van der Waals surface area (Å²) in [7, 11) is 1.91. The SMILES string of the molecule is CCOC(=O)c1nc(NCc2cn(C)nc2CC)sc1C. The molecule has 0 aliphatic heterocycles. The molecule has 2 aromatic heterocycles. The first-order valence-corrected chi connectivity index (χ1v) is 7.76. The lowest BCUT2D eigenvalue weighted by atomic mass is 10.2. The van der Waals surface area contributed by atoms with Crippen LogP contribution in [0.15, 0.2) is 6.20 Å². The first-order valence-electron chi connectivity index (χ1n) is 6.94. The van der Waals surface area contributed by atoms with Crippen molar-refractivity contribution in [3.63, 3.8) is 0 Å². The zero-order chi connectivity index (χ0) is 15.4. The number of carbonyl (C=O) groups excluding carboxylic acids is 1. The molecule has 0 aliphatic carbocycles. The molecule has 2 heterocycles. The van der Waals surface area contributed by atoms with E-state index in [1.165, 1.54) is 11.3 Å². The molecule has 0 saturated carbocycles. The van der Waals surface area contributed by atoms with Crippen LogP contribution in [0.5, 0.6) is 0 Å². The topological polar surface area (TPSA) is 69.0 Å². The van der Waals surface area contributed by atoms with E-state index in [0.29, 0.717) is 18.8 Å². The van der Waals surface area contributed by atoms with E-state index >= 15 is 0 Å². The van der Waals surface area contributed by atoms with Gasteiger partial charge in [0.2, 0.25) is 0 Å². The molecular formula is C14H20N4O2S. The summed E-state index contributed by atoms with van der Waals surface area (Å²) in [5.74, 6) is -0.366. The van der Waals surface area contributed by atoms with Crippen LogP contribution in [0.4, 0.5) is 5.13 Å². The molecule has 0 atom stereocenters. The van der Waals surface area contributed by atoms with Crippen LogP contribution in [0.1, 0.15) is 40.5 Å². The number of hydrogen-bond donors (Lipinski definition) is 1. The van der Waals surface area contributed by atoms with Gasteiger partial charge >= 0.3 is 5.97 Å². The minimum atomic E-state index is -0.366. The Bertz CT molecular complexity index is 633. The fourth-order valence-electron chi connectivity index (χ4n) is 2.06. The zero-order valence-corrected chi connectivity index (χ0v) is 13.6. The van der Waals surface area contributed by atoms with Crippen molar-refractivity contribution in [1.29, 1.82) is 0 Å². The second-order valence-corrected chi connectivity index (χ2v) is 5.83. The van der Waals surface area contributed by atoms with Crippen LogP contribution in [0, 0.1) is 6.92 Å². The average molecular weight is 308 g/mol. The fraction of sp³-hybridized carbons (Fsp3) is 0.500. The maximum absolute atomic E-state index is 11.7. The predicted octanol–water partition coefficient (Wildman–Crippen LogP) is 2.54. The van der Waals surface area contributed by atoms with Gasteiger partial charge in [0.05, 0.1) is 12.3 Å². The Balaban J connectivity index is 2.07. The Labute approximate surface area is 128 Å². The third kappa shape index (κ3) is 3.60. The highest BCUT2D eigenvalue weighted by Crippen LogP contribution is 2.23. The molecule has 0 aliphatic rings. The van der Waals surface area contributed by atoms with E-state index < -0.39 is 0 Å². The second-order valence-electron chi connectivity index (χ2n) is 4.63. The standard InChI is InChI=1S/C14H20N4O2S/c1-5-11-10(8-18(4)17-11)7-15-14-16-12(9(3)21-14)13(19)20-6-2/h8H,5-7H2,1-4H3,(H,15,16). The van der Waals surface area contributed by atoms with Gasteiger partial charge in [0.15, 0.2) is 10.8 Å². The van der Waals surface area contributed by atoms with Gasteiger partial charge in [0.25, 0.3) is 0 Å². The van der Waals surface area contributed by atoms with E-state index in [0.717, 1.165) is 27.7 Å². The summed E-state index contributed by atoms with van der Waals surface area (Å²) < 4.78 is 6.80. The third-order valence-corrected chi connectivity index (χ3v) is 3.95. The highest BCUT2D eigenvalue weighted by atomic mass is 32.1. The van der Waals surface area contributed by atoms with Gasteiger partial charge in [-0.1, -0.05) is 6.92 Å². The molecule has 2 aromatic rings. The van der Waals surface area contributed by atoms with Crippen LogP contribution in [0.25, 0.3) is 0 Å². The van der Waals surface area contributed by atoms with Gasteiger partial charge in [-0.3, -0.25) is 4.68 Å². The summed E-state index contributed by atoms with van der Waals surface area (Å²) in [5, 5.41) is 8.38. The number of aromatic nitrogens is 3. The predicted molar refractivity (Wildman–Crippen MR) is 82.7 cm³/mol. The molecule has 0 radical (unpaired) electrons. The molecule has 0 bridgehead atoms. The van der Waals surface area contributed by atoms with Crippen molar-refractivity contribution in [2.24, 2.45) is 7.05 Å². The van der Waals surface area contributed by atoms with Gasteiger partial charge in [-0.25, -0.2) is 9.78 Å². The highest BCUT2D eigenvalue weighted by Gasteiger charge is 2.16. The largest absolute Gasteiger partial charge is 0.461 e. The van der Waals surface area contributed by atoms with E-state index in [2.05, 4.69) is 22.3 Å². The molecule has 1 N–H and O–H groups in total. The number of carbonyl (C=O) groups is 1. The molecule has 0 aromatic carbocycles. The normalized spacial score (nSPS) is 10.7. The van der Waals surface area contributed by atoms with Crippen molar-refractivity contribution in [1.82, 2.24) is 14.8 Å². The molecule has 2 rings (SSSR count). The minimum absolute atomic E-state index is 0.355. The first kappa shape index (κ1) is 15.5. The number of nitrogens with zero attached hydrogens (tertiary/aromatic N) is 3. The van der Waals surface area contributed by atoms with Crippen molar-refractivity contribution in [3.8, 4) is 0 Å². The molecule has 7 heteroatoms. The van der Waals surface area contributed by atoms with Gasteiger partial charge in [-0.05, 0) is 20.3 Å². The highest BCUT2D eigenvalue weighted by molar-refractivity contribution is 7.15. The quantitative estimate of drug-likeness (QED) is 0.831. The van der Waals surface area contributed by atoms with Crippen molar-refractivity contribution in [2.45, 2.75) is 33.7 Å². The van der Waals surface area contributed by atoms with E-state index in [4.69, 9.17) is 4.74 Å². The van der Waals surface area contributed by atoms with Crippen LogP contribution in [0.2, 0.25) is 0 Å². The molecule has 0 unspecified atom stereocenters. The van der Waals surface area contributed by atoms with Crippen LogP contribution < -0.4 is 5.32 Å². The van der Waals surface area contributed by atoms with Crippen molar-refractivity contribution >= 4 is 22.4 Å². The number of rotatable bonds is 6. The van der Waals surface area contributed by atoms with Crippen LogP contribution in [-0.2, 0) is 24.8 Å². The lowest BCUT2D eigenvalue weighted by Gasteiger charge is -2.01. The molecule has 0 saturated heterocycles. The molecule has 6 nitrogen and oxygen atoms in total. The Kier molecular flexibility index (Phi) is 4.95. The van der Waals surface area contributed by atoms with Gasteiger partial charge in [-0.2, -0.15) is 5.10 Å². The summed E-state index contributed by atoms with van der Waals surface area (Å²) in [6.07, 6.45) is 2.89. The fourth-order valence-corrected chi connectivity index (χ4v) is 2.86. The Morgan fingerprint density at radius 1 is 1.48 bits per heavy atom. The van der Waals surface area contributed by atoms with Crippen molar-refractivity contribution < 1.29 is 9.53 Å². The Morgan fingerprint density at radius 2 is 2.24 bits per heavy atom. The van der Waals surface area contributed by atoms with E-state index in [9.17, 15) is 4.79 Å². The van der Waals surface area contributed by atoms with Crippen LogP contribution >= 0.6 is 11.3 Å². The van der Waals surface area contributed by atoms with Gasteiger partial charge in [-0.15, -0.1) is 11.3 Å². The van der Waals surface area contributed by atoms with Crippen molar-refractivity contribution in [2.75, 3.05) is 11.9 Å². The van der Waals surface area contributed by atoms with E-state index in [1.807, 2.05) is 24.9 Å². The Hall–Kier alpha value is -1.89. The van der Waals surface area contributed by atoms with Crippen LogP contribution in [0.3, 0.4) is 0 Å².